The third kappa shape index (κ3) is 3.12. The lowest BCUT2D eigenvalue weighted by Crippen LogP contribution is -2.19. The van der Waals surface area contributed by atoms with Gasteiger partial charge in [0.2, 0.25) is 0 Å². The summed E-state index contributed by atoms with van der Waals surface area (Å²) in [5.41, 5.74) is 3.70. The lowest BCUT2D eigenvalue weighted by Gasteiger charge is -2.15. The molecule has 120 valence electrons. The Labute approximate surface area is 146 Å². The normalized spacial score (nSPS) is 13.4. The number of halogens is 1. The average molecular weight is 338 g/mol. The smallest absolute Gasteiger partial charge is 0.267 e. The standard InChI is InChI=1S/C19H16ClN3O/c1-13-16(20)6-4-7-17(13)22-19(24)15(11-21)12-23-10-9-14-5-2-3-8-18(14)23/h2-8,12H,9-10H2,1H3,(H,22,24)/b15-12-. The minimum absolute atomic E-state index is 0.0612. The molecule has 0 aliphatic carbocycles. The molecule has 0 spiro atoms. The largest absolute Gasteiger partial charge is 0.346 e. The van der Waals surface area contributed by atoms with Gasteiger partial charge in [0.05, 0.1) is 0 Å². The Balaban J connectivity index is 1.83. The highest BCUT2D eigenvalue weighted by molar-refractivity contribution is 6.31. The van der Waals surface area contributed by atoms with E-state index in [-0.39, 0.29) is 5.57 Å². The lowest BCUT2D eigenvalue weighted by molar-refractivity contribution is -0.112. The molecule has 24 heavy (non-hydrogen) atoms. The Morgan fingerprint density at radius 3 is 2.88 bits per heavy atom. The molecule has 0 atom stereocenters. The Hall–Kier alpha value is -2.77. The van der Waals surface area contributed by atoms with Crippen LogP contribution in [0.5, 0.6) is 0 Å². The molecule has 1 heterocycles. The van der Waals surface area contributed by atoms with Gasteiger partial charge >= 0.3 is 0 Å². The molecule has 2 aromatic carbocycles. The number of hydrogen-bond donors (Lipinski definition) is 1. The molecule has 0 saturated carbocycles. The minimum atomic E-state index is -0.438. The Morgan fingerprint density at radius 1 is 1.29 bits per heavy atom. The molecule has 1 aliphatic rings. The fraction of sp³-hybridized carbons (Fsp3) is 0.158. The maximum absolute atomic E-state index is 12.4. The molecule has 1 N–H and O–H groups in total. The molecule has 1 aliphatic heterocycles. The van der Waals surface area contributed by atoms with Gasteiger partial charge in [0.25, 0.3) is 5.91 Å². The van der Waals surface area contributed by atoms with E-state index >= 15 is 0 Å². The van der Waals surface area contributed by atoms with Gasteiger partial charge in [0, 0.05) is 29.1 Å². The molecule has 0 unspecified atom stereocenters. The maximum Gasteiger partial charge on any atom is 0.267 e. The summed E-state index contributed by atoms with van der Waals surface area (Å²) in [5, 5.41) is 12.7. The van der Waals surface area contributed by atoms with E-state index in [4.69, 9.17) is 11.6 Å². The van der Waals surface area contributed by atoms with Crippen molar-refractivity contribution in [3.63, 3.8) is 0 Å². The van der Waals surface area contributed by atoms with Crippen LogP contribution in [0, 0.1) is 18.3 Å². The summed E-state index contributed by atoms with van der Waals surface area (Å²) in [6.45, 7) is 2.58. The predicted molar refractivity (Wildman–Crippen MR) is 96.0 cm³/mol. The number of nitrogens with zero attached hydrogens (tertiary/aromatic N) is 2. The van der Waals surface area contributed by atoms with Crippen molar-refractivity contribution >= 4 is 28.9 Å². The minimum Gasteiger partial charge on any atom is -0.346 e. The summed E-state index contributed by atoms with van der Waals surface area (Å²) in [4.78, 5) is 14.4. The van der Waals surface area contributed by atoms with Crippen molar-refractivity contribution in [3.05, 3.63) is 70.4 Å². The van der Waals surface area contributed by atoms with E-state index < -0.39 is 5.91 Å². The zero-order valence-electron chi connectivity index (χ0n) is 13.2. The molecule has 3 rings (SSSR count). The second-order valence-electron chi connectivity index (χ2n) is 5.59. The van der Waals surface area contributed by atoms with E-state index in [2.05, 4.69) is 11.4 Å². The molecular weight excluding hydrogens is 322 g/mol. The second-order valence-corrected chi connectivity index (χ2v) is 6.00. The third-order valence-corrected chi connectivity index (χ3v) is 4.50. The molecular formula is C19H16ClN3O. The third-order valence-electron chi connectivity index (χ3n) is 4.09. The Kier molecular flexibility index (Phi) is 4.54. The number of anilines is 2. The monoisotopic (exact) mass is 337 g/mol. The fourth-order valence-corrected chi connectivity index (χ4v) is 2.90. The van der Waals surface area contributed by atoms with E-state index in [9.17, 15) is 10.1 Å². The number of benzene rings is 2. The summed E-state index contributed by atoms with van der Waals surface area (Å²) in [5.74, 6) is -0.438. The average Bonchev–Trinajstić information content (AvgIpc) is 3.00. The van der Waals surface area contributed by atoms with Crippen molar-refractivity contribution in [2.24, 2.45) is 0 Å². The van der Waals surface area contributed by atoms with Crippen LogP contribution < -0.4 is 10.2 Å². The molecule has 0 radical (unpaired) electrons. The highest BCUT2D eigenvalue weighted by Crippen LogP contribution is 2.28. The van der Waals surface area contributed by atoms with Gasteiger partial charge in [-0.05, 0) is 42.7 Å². The predicted octanol–water partition coefficient (Wildman–Crippen LogP) is 4.06. The number of rotatable bonds is 3. The molecule has 0 bridgehead atoms. The van der Waals surface area contributed by atoms with Crippen molar-refractivity contribution in [2.75, 3.05) is 16.8 Å². The van der Waals surface area contributed by atoms with Crippen molar-refractivity contribution in [1.29, 1.82) is 5.26 Å². The number of hydrogen-bond acceptors (Lipinski definition) is 3. The van der Waals surface area contributed by atoms with Gasteiger partial charge < -0.3 is 10.2 Å². The highest BCUT2D eigenvalue weighted by atomic mass is 35.5. The van der Waals surface area contributed by atoms with Gasteiger partial charge in [-0.3, -0.25) is 4.79 Å². The highest BCUT2D eigenvalue weighted by Gasteiger charge is 2.19. The number of amides is 1. The molecule has 1 amide bonds. The number of nitriles is 1. The van der Waals surface area contributed by atoms with E-state index in [1.807, 2.05) is 36.1 Å². The van der Waals surface area contributed by atoms with Crippen molar-refractivity contribution in [3.8, 4) is 6.07 Å². The first kappa shape index (κ1) is 16.1. The molecule has 2 aromatic rings. The van der Waals surface area contributed by atoms with E-state index in [1.165, 1.54) is 5.56 Å². The second kappa shape index (κ2) is 6.77. The number of nitrogens with one attached hydrogen (secondary N) is 1. The van der Waals surface area contributed by atoms with Crippen LogP contribution >= 0.6 is 11.6 Å². The molecule has 0 fully saturated rings. The van der Waals surface area contributed by atoms with E-state index in [0.717, 1.165) is 24.2 Å². The van der Waals surface area contributed by atoms with E-state index in [1.54, 1.807) is 24.4 Å². The first-order chi connectivity index (χ1) is 11.6. The van der Waals surface area contributed by atoms with Crippen molar-refractivity contribution in [2.45, 2.75) is 13.3 Å². The van der Waals surface area contributed by atoms with Crippen molar-refractivity contribution < 1.29 is 4.79 Å². The van der Waals surface area contributed by atoms with Gasteiger partial charge in [0.15, 0.2) is 0 Å². The lowest BCUT2D eigenvalue weighted by atomic mass is 10.2. The van der Waals surface area contributed by atoms with Crippen molar-refractivity contribution in [1.82, 2.24) is 0 Å². The van der Waals surface area contributed by atoms with Crippen LogP contribution in [-0.2, 0) is 11.2 Å². The van der Waals surface area contributed by atoms with E-state index in [0.29, 0.717) is 10.7 Å². The van der Waals surface area contributed by atoms with Crippen LogP contribution in [0.1, 0.15) is 11.1 Å². The van der Waals surface area contributed by atoms with Crippen LogP contribution in [-0.4, -0.2) is 12.5 Å². The summed E-state index contributed by atoms with van der Waals surface area (Å²) < 4.78 is 0. The summed E-state index contributed by atoms with van der Waals surface area (Å²) >= 11 is 6.07. The number of fused-ring (bicyclic) bond motifs is 1. The van der Waals surface area contributed by atoms with Gasteiger partial charge in [-0.1, -0.05) is 35.9 Å². The molecule has 0 saturated heterocycles. The number of carbonyl (C=O) groups excluding carboxylic acids is 1. The topological polar surface area (TPSA) is 56.1 Å². The molecule has 4 nitrogen and oxygen atoms in total. The Bertz CT molecular complexity index is 867. The molecule has 0 aromatic heterocycles. The van der Waals surface area contributed by atoms with Gasteiger partial charge in [0.1, 0.15) is 11.6 Å². The van der Waals surface area contributed by atoms with Crippen LogP contribution in [0.25, 0.3) is 0 Å². The Morgan fingerprint density at radius 2 is 2.08 bits per heavy atom. The van der Waals surface area contributed by atoms with Crippen LogP contribution in [0.15, 0.2) is 54.2 Å². The first-order valence-corrected chi connectivity index (χ1v) is 8.01. The number of carbonyl (C=O) groups is 1. The summed E-state index contributed by atoms with van der Waals surface area (Å²) in [6, 6.07) is 15.3. The van der Waals surface area contributed by atoms with Crippen LogP contribution in [0.4, 0.5) is 11.4 Å². The van der Waals surface area contributed by atoms with Gasteiger partial charge in [-0.2, -0.15) is 5.26 Å². The quantitative estimate of drug-likeness (QED) is 0.679. The zero-order chi connectivity index (χ0) is 17.1. The van der Waals surface area contributed by atoms with Gasteiger partial charge in [-0.15, -0.1) is 0 Å². The number of para-hydroxylation sites is 1. The SMILES string of the molecule is Cc1c(Cl)cccc1NC(=O)/C(C#N)=C\N1CCc2ccccc21. The summed E-state index contributed by atoms with van der Waals surface area (Å²) in [7, 11) is 0. The fourth-order valence-electron chi connectivity index (χ4n) is 2.72. The van der Waals surface area contributed by atoms with Crippen LogP contribution in [0.2, 0.25) is 5.02 Å². The zero-order valence-corrected chi connectivity index (χ0v) is 14.0. The molecule has 5 heteroatoms. The maximum atomic E-state index is 12.4. The summed E-state index contributed by atoms with van der Waals surface area (Å²) in [6.07, 6.45) is 2.52. The van der Waals surface area contributed by atoms with Gasteiger partial charge in [-0.25, -0.2) is 0 Å². The van der Waals surface area contributed by atoms with Crippen LogP contribution in [0.3, 0.4) is 0 Å². The first-order valence-electron chi connectivity index (χ1n) is 7.63.